The molecule has 3 heteroatoms. The first kappa shape index (κ1) is 14.3. The van der Waals surface area contributed by atoms with E-state index < -0.39 is 0 Å². The van der Waals surface area contributed by atoms with E-state index in [0.29, 0.717) is 12.0 Å². The molecule has 0 aromatic heterocycles. The van der Waals surface area contributed by atoms with Crippen LogP contribution in [0.3, 0.4) is 0 Å². The number of fused-ring (bicyclic) bond motifs is 1. The molecule has 3 nitrogen and oxygen atoms in total. The number of aliphatic hydroxyl groups is 1. The lowest BCUT2D eigenvalue weighted by Crippen LogP contribution is -2.57. The SMILES string of the molecule is CN(C)CCCCC1(O)CCNC2CCCCC21. The van der Waals surface area contributed by atoms with Gasteiger partial charge in [-0.15, -0.1) is 0 Å². The second-order valence-corrected chi connectivity index (χ2v) is 6.57. The number of hydrogen-bond acceptors (Lipinski definition) is 3. The molecule has 3 unspecified atom stereocenters. The Kier molecular flexibility index (Phi) is 5.05. The zero-order valence-corrected chi connectivity index (χ0v) is 12.1. The summed E-state index contributed by atoms with van der Waals surface area (Å²) in [5.74, 6) is 0.513. The zero-order chi connectivity index (χ0) is 13.0. The summed E-state index contributed by atoms with van der Waals surface area (Å²) < 4.78 is 0. The van der Waals surface area contributed by atoms with Crippen molar-refractivity contribution in [2.75, 3.05) is 27.2 Å². The molecule has 1 saturated heterocycles. The van der Waals surface area contributed by atoms with Crippen LogP contribution in [0, 0.1) is 5.92 Å². The van der Waals surface area contributed by atoms with Crippen LogP contribution in [-0.4, -0.2) is 48.8 Å². The minimum Gasteiger partial charge on any atom is -0.389 e. The number of nitrogens with zero attached hydrogens (tertiary/aromatic N) is 1. The fourth-order valence-corrected chi connectivity index (χ4v) is 3.85. The van der Waals surface area contributed by atoms with Gasteiger partial charge in [-0.3, -0.25) is 0 Å². The molecule has 2 rings (SSSR count). The third-order valence-corrected chi connectivity index (χ3v) is 4.89. The first-order chi connectivity index (χ1) is 8.62. The largest absolute Gasteiger partial charge is 0.389 e. The van der Waals surface area contributed by atoms with Crippen molar-refractivity contribution < 1.29 is 5.11 Å². The average molecular weight is 254 g/mol. The summed E-state index contributed by atoms with van der Waals surface area (Å²) in [6.45, 7) is 2.15. The van der Waals surface area contributed by atoms with Gasteiger partial charge in [0.1, 0.15) is 0 Å². The van der Waals surface area contributed by atoms with Crippen LogP contribution in [0.1, 0.15) is 51.4 Å². The number of hydrogen-bond donors (Lipinski definition) is 2. The lowest BCUT2D eigenvalue weighted by molar-refractivity contribution is -0.0791. The first-order valence-corrected chi connectivity index (χ1v) is 7.72. The van der Waals surface area contributed by atoms with E-state index in [1.54, 1.807) is 0 Å². The van der Waals surface area contributed by atoms with Gasteiger partial charge in [0.25, 0.3) is 0 Å². The van der Waals surface area contributed by atoms with E-state index in [2.05, 4.69) is 24.3 Å². The Balaban J connectivity index is 1.83. The van der Waals surface area contributed by atoms with E-state index in [1.165, 1.54) is 32.1 Å². The van der Waals surface area contributed by atoms with Crippen molar-refractivity contribution in [3.05, 3.63) is 0 Å². The van der Waals surface area contributed by atoms with Crippen molar-refractivity contribution in [3.63, 3.8) is 0 Å². The zero-order valence-electron chi connectivity index (χ0n) is 12.1. The molecule has 18 heavy (non-hydrogen) atoms. The normalized spacial score (nSPS) is 36.7. The van der Waals surface area contributed by atoms with E-state index in [0.717, 1.165) is 32.4 Å². The molecule has 0 bridgehead atoms. The molecule has 2 fully saturated rings. The van der Waals surface area contributed by atoms with Crippen molar-refractivity contribution >= 4 is 0 Å². The van der Waals surface area contributed by atoms with Crippen LogP contribution in [0.15, 0.2) is 0 Å². The van der Waals surface area contributed by atoms with Gasteiger partial charge in [-0.1, -0.05) is 12.8 Å². The molecule has 0 aromatic carbocycles. The molecule has 2 aliphatic rings. The highest BCUT2D eigenvalue weighted by molar-refractivity contribution is 4.99. The van der Waals surface area contributed by atoms with Gasteiger partial charge in [-0.2, -0.15) is 0 Å². The van der Waals surface area contributed by atoms with Gasteiger partial charge in [-0.05, 0) is 65.7 Å². The molecule has 2 N–H and O–H groups in total. The van der Waals surface area contributed by atoms with E-state index in [-0.39, 0.29) is 5.60 Å². The van der Waals surface area contributed by atoms with Crippen molar-refractivity contribution in [3.8, 4) is 0 Å². The molecule has 0 radical (unpaired) electrons. The van der Waals surface area contributed by atoms with Crippen LogP contribution in [0.25, 0.3) is 0 Å². The Bertz CT molecular complexity index is 255. The average Bonchev–Trinajstić information content (AvgIpc) is 2.35. The highest BCUT2D eigenvalue weighted by atomic mass is 16.3. The first-order valence-electron chi connectivity index (χ1n) is 7.72. The molecule has 1 aliphatic heterocycles. The lowest BCUT2D eigenvalue weighted by atomic mass is 9.68. The molecule has 0 aromatic rings. The third kappa shape index (κ3) is 3.46. The van der Waals surface area contributed by atoms with Gasteiger partial charge in [0, 0.05) is 12.0 Å². The van der Waals surface area contributed by atoms with E-state index in [1.807, 2.05) is 0 Å². The highest BCUT2D eigenvalue weighted by Gasteiger charge is 2.44. The predicted octanol–water partition coefficient (Wildman–Crippen LogP) is 2.00. The molecule has 1 saturated carbocycles. The van der Waals surface area contributed by atoms with E-state index in [9.17, 15) is 5.11 Å². The van der Waals surface area contributed by atoms with Gasteiger partial charge >= 0.3 is 0 Å². The monoisotopic (exact) mass is 254 g/mol. The summed E-state index contributed by atoms with van der Waals surface area (Å²) in [6, 6.07) is 0.589. The minimum atomic E-state index is -0.372. The molecule has 1 heterocycles. The Morgan fingerprint density at radius 2 is 2.00 bits per heavy atom. The fraction of sp³-hybridized carbons (Fsp3) is 1.00. The Morgan fingerprint density at radius 1 is 1.22 bits per heavy atom. The third-order valence-electron chi connectivity index (χ3n) is 4.89. The van der Waals surface area contributed by atoms with E-state index >= 15 is 0 Å². The van der Waals surface area contributed by atoms with Crippen LogP contribution >= 0.6 is 0 Å². The Morgan fingerprint density at radius 3 is 2.78 bits per heavy atom. The van der Waals surface area contributed by atoms with Gasteiger partial charge in [0.2, 0.25) is 0 Å². The fourth-order valence-electron chi connectivity index (χ4n) is 3.85. The number of nitrogens with one attached hydrogen (secondary N) is 1. The van der Waals surface area contributed by atoms with Gasteiger partial charge in [0.05, 0.1) is 5.60 Å². The maximum Gasteiger partial charge on any atom is 0.0702 e. The lowest BCUT2D eigenvalue weighted by Gasteiger charge is -2.48. The quantitative estimate of drug-likeness (QED) is 0.737. The summed E-state index contributed by atoms with van der Waals surface area (Å²) in [4.78, 5) is 2.23. The van der Waals surface area contributed by atoms with Crippen LogP contribution in [0.5, 0.6) is 0 Å². The van der Waals surface area contributed by atoms with Crippen molar-refractivity contribution in [1.82, 2.24) is 10.2 Å². The number of rotatable bonds is 5. The second-order valence-electron chi connectivity index (χ2n) is 6.57. The van der Waals surface area contributed by atoms with Gasteiger partial charge in [-0.25, -0.2) is 0 Å². The van der Waals surface area contributed by atoms with Crippen molar-refractivity contribution in [2.45, 2.75) is 63.0 Å². The summed E-state index contributed by atoms with van der Waals surface area (Å²) in [5.41, 5.74) is -0.372. The van der Waals surface area contributed by atoms with Gasteiger partial charge < -0.3 is 15.3 Å². The van der Waals surface area contributed by atoms with E-state index in [4.69, 9.17) is 0 Å². The Hall–Kier alpha value is -0.120. The maximum absolute atomic E-state index is 11.0. The Labute approximate surface area is 112 Å². The topological polar surface area (TPSA) is 35.5 Å². The summed E-state index contributed by atoms with van der Waals surface area (Å²) in [5, 5.41) is 14.6. The molecule has 0 amide bonds. The predicted molar refractivity (Wildman–Crippen MR) is 75.7 cm³/mol. The molecule has 0 spiro atoms. The van der Waals surface area contributed by atoms with Gasteiger partial charge in [0.15, 0.2) is 0 Å². The highest BCUT2D eigenvalue weighted by Crippen LogP contribution is 2.40. The van der Waals surface area contributed by atoms with Crippen LogP contribution < -0.4 is 5.32 Å². The smallest absolute Gasteiger partial charge is 0.0702 e. The molecular weight excluding hydrogens is 224 g/mol. The van der Waals surface area contributed by atoms with Crippen LogP contribution in [0.4, 0.5) is 0 Å². The van der Waals surface area contributed by atoms with Crippen molar-refractivity contribution in [1.29, 1.82) is 0 Å². The van der Waals surface area contributed by atoms with Crippen LogP contribution in [0.2, 0.25) is 0 Å². The number of unbranched alkanes of at least 4 members (excludes halogenated alkanes) is 1. The molecular formula is C15H30N2O. The summed E-state index contributed by atoms with van der Waals surface area (Å²) in [7, 11) is 4.24. The summed E-state index contributed by atoms with van der Waals surface area (Å²) in [6.07, 6.45) is 9.47. The molecule has 106 valence electrons. The minimum absolute atomic E-state index is 0.372. The standard InChI is InChI=1S/C15H30N2O/c1-17(2)12-6-5-9-15(18)10-11-16-14-8-4-3-7-13(14)15/h13-14,16,18H,3-12H2,1-2H3. The van der Waals surface area contributed by atoms with Crippen LogP contribution in [-0.2, 0) is 0 Å². The molecule has 3 atom stereocenters. The second kappa shape index (κ2) is 6.36. The number of piperidine rings is 1. The molecule has 1 aliphatic carbocycles. The van der Waals surface area contributed by atoms with Crippen molar-refractivity contribution in [2.24, 2.45) is 5.92 Å². The maximum atomic E-state index is 11.0. The summed E-state index contributed by atoms with van der Waals surface area (Å²) >= 11 is 0.